The highest BCUT2D eigenvalue weighted by Crippen LogP contribution is 2.51. The zero-order valence-electron chi connectivity index (χ0n) is 42.0. The number of halogens is 6. The molecule has 2 aromatic heterocycles. The number of ether oxygens (including phenoxy) is 2. The Hall–Kier alpha value is -6.72. The number of hydrogen-bond acceptors (Lipinski definition) is 7. The number of hydrogen-bond donors (Lipinski definition) is 2. The summed E-state index contributed by atoms with van der Waals surface area (Å²) in [4.78, 5) is 50.1. The maximum atomic E-state index is 15.1. The third-order valence-corrected chi connectivity index (χ3v) is 15.7. The van der Waals surface area contributed by atoms with E-state index in [-0.39, 0.29) is 47.6 Å². The molecule has 3 fully saturated rings. The lowest BCUT2D eigenvalue weighted by Gasteiger charge is -2.38. The van der Waals surface area contributed by atoms with Gasteiger partial charge in [0.1, 0.15) is 11.6 Å². The first-order valence-corrected chi connectivity index (χ1v) is 25.1. The van der Waals surface area contributed by atoms with Crippen LogP contribution in [-0.4, -0.2) is 81.2 Å². The van der Waals surface area contributed by atoms with Crippen LogP contribution in [0.1, 0.15) is 123 Å². The molecule has 3 saturated heterocycles. The van der Waals surface area contributed by atoms with Gasteiger partial charge >= 0.3 is 12.4 Å². The second-order valence-corrected chi connectivity index (χ2v) is 21.0. The Morgan fingerprint density at radius 2 is 1.05 bits per heavy atom. The van der Waals surface area contributed by atoms with E-state index in [0.717, 1.165) is 43.9 Å². The number of carbonyl (C=O) groups excluding carboxylic acids is 2. The lowest BCUT2D eigenvalue weighted by molar-refractivity contribution is -0.271. The molecule has 7 aromatic rings. The molecule has 3 aliphatic heterocycles. The van der Waals surface area contributed by atoms with E-state index in [1.807, 2.05) is 43.3 Å². The Morgan fingerprint density at radius 1 is 0.568 bits per heavy atom. The number of rotatable bonds is 11. The molecule has 11 nitrogen and oxygen atoms in total. The Balaban J connectivity index is 0.971. The van der Waals surface area contributed by atoms with E-state index in [2.05, 4.69) is 59.9 Å². The van der Waals surface area contributed by atoms with Crippen molar-refractivity contribution in [3.63, 3.8) is 0 Å². The summed E-state index contributed by atoms with van der Waals surface area (Å²) in [5.74, 6) is -1.82. The number of fused-ring (bicyclic) bond motifs is 2. The SMILES string of the molecule is COC(C(=O)N1CCCC1c1nc2ccc(C3CCC(c4ccc5nc(C6C(C)CCN6C(=O)C(OC)(c6ccccc6)C(F)(F)F)[nH]c5c4)N3c3ccc(C(C)(C)C)cc3)cc2[nH]1)(c1ccccc1)C(F)(F)F. The van der Waals surface area contributed by atoms with Crippen LogP contribution >= 0.6 is 0 Å². The molecule has 2 amide bonds. The average Bonchev–Trinajstić information content (AvgIpc) is 4.23. The van der Waals surface area contributed by atoms with Gasteiger partial charge in [-0.1, -0.05) is 113 Å². The van der Waals surface area contributed by atoms with E-state index < -0.39 is 47.5 Å². The molecular weight excluding hydrogens is 961 g/mol. The van der Waals surface area contributed by atoms with E-state index in [0.29, 0.717) is 53.0 Å². The van der Waals surface area contributed by atoms with Gasteiger partial charge in [0.15, 0.2) is 0 Å². The Bertz CT molecular complexity index is 3170. The molecule has 0 aliphatic carbocycles. The maximum absolute atomic E-state index is 15.1. The number of imidazole rings is 2. The van der Waals surface area contributed by atoms with Crippen LogP contribution in [0.15, 0.2) is 121 Å². The zero-order valence-corrected chi connectivity index (χ0v) is 42.0. The van der Waals surface area contributed by atoms with E-state index in [9.17, 15) is 9.59 Å². The monoisotopic (exact) mass is 1020 g/mol. The van der Waals surface area contributed by atoms with Crippen LogP contribution in [0.3, 0.4) is 0 Å². The van der Waals surface area contributed by atoms with Gasteiger partial charge < -0.3 is 34.1 Å². The van der Waals surface area contributed by atoms with Crippen LogP contribution in [0, 0.1) is 5.92 Å². The van der Waals surface area contributed by atoms with Crippen molar-refractivity contribution in [3.8, 4) is 0 Å². The van der Waals surface area contributed by atoms with Gasteiger partial charge in [0.25, 0.3) is 23.0 Å². The van der Waals surface area contributed by atoms with Gasteiger partial charge in [-0.05, 0) is 96.5 Å². The number of anilines is 1. The van der Waals surface area contributed by atoms with Crippen molar-refractivity contribution in [2.75, 3.05) is 32.2 Å². The summed E-state index contributed by atoms with van der Waals surface area (Å²) in [7, 11) is 1.83. The molecule has 3 aliphatic rings. The summed E-state index contributed by atoms with van der Waals surface area (Å²) in [6.07, 6.45) is -7.25. The number of carbonyl (C=O) groups is 2. The van der Waals surface area contributed by atoms with Crippen LogP contribution in [0.5, 0.6) is 0 Å². The summed E-state index contributed by atoms with van der Waals surface area (Å²) in [5, 5.41) is 0. The van der Waals surface area contributed by atoms with Crippen molar-refractivity contribution in [1.82, 2.24) is 29.7 Å². The summed E-state index contributed by atoms with van der Waals surface area (Å²) in [6.45, 7) is 8.58. The van der Waals surface area contributed by atoms with Gasteiger partial charge in [0.2, 0.25) is 0 Å². The molecule has 0 saturated carbocycles. The first kappa shape index (κ1) is 50.8. The quantitative estimate of drug-likeness (QED) is 0.124. The smallest absolute Gasteiger partial charge is 0.357 e. The number of methoxy groups -OCH3 is 2. The van der Waals surface area contributed by atoms with E-state index >= 15 is 26.3 Å². The van der Waals surface area contributed by atoms with Crippen LogP contribution in [0.25, 0.3) is 22.1 Å². The first-order chi connectivity index (χ1) is 35.2. The largest absolute Gasteiger partial charge is 0.430 e. The van der Waals surface area contributed by atoms with Crippen molar-refractivity contribution < 1.29 is 45.4 Å². The van der Waals surface area contributed by atoms with Gasteiger partial charge in [0, 0.05) is 44.1 Å². The number of nitrogens with one attached hydrogen (secondary N) is 2. The molecule has 17 heteroatoms. The number of H-pyrrole nitrogens is 2. The number of aromatic nitrogens is 4. The third-order valence-electron chi connectivity index (χ3n) is 15.7. The zero-order chi connectivity index (χ0) is 52.5. The molecule has 10 rings (SSSR count). The highest BCUT2D eigenvalue weighted by atomic mass is 19.4. The fraction of sp³-hybridized carbons (Fsp3) is 0.404. The normalized spacial score (nSPS) is 22.4. The van der Waals surface area contributed by atoms with Crippen LogP contribution in [0.4, 0.5) is 32.0 Å². The van der Waals surface area contributed by atoms with Crippen molar-refractivity contribution in [3.05, 3.63) is 161 Å². The van der Waals surface area contributed by atoms with Crippen molar-refractivity contribution in [2.45, 2.75) is 113 Å². The molecule has 5 aromatic carbocycles. The number of benzene rings is 5. The molecule has 7 atom stereocenters. The third kappa shape index (κ3) is 8.39. The molecule has 0 spiro atoms. The average molecular weight is 1020 g/mol. The first-order valence-electron chi connectivity index (χ1n) is 25.1. The minimum Gasteiger partial charge on any atom is -0.357 e. The van der Waals surface area contributed by atoms with E-state index in [1.165, 1.54) is 63.9 Å². The van der Waals surface area contributed by atoms with Crippen LogP contribution in [0.2, 0.25) is 0 Å². The lowest BCUT2D eigenvalue weighted by Crippen LogP contribution is -2.56. The fourth-order valence-electron chi connectivity index (χ4n) is 11.9. The van der Waals surface area contributed by atoms with E-state index in [1.54, 1.807) is 12.1 Å². The molecule has 0 radical (unpaired) electrons. The molecule has 388 valence electrons. The summed E-state index contributed by atoms with van der Waals surface area (Å²) in [6, 6.07) is 32.7. The molecule has 0 bridgehead atoms. The summed E-state index contributed by atoms with van der Waals surface area (Å²) in [5.41, 5.74) is -0.402. The number of alkyl halides is 6. The maximum Gasteiger partial charge on any atom is 0.430 e. The van der Waals surface area contributed by atoms with Gasteiger partial charge in [-0.25, -0.2) is 9.97 Å². The molecule has 74 heavy (non-hydrogen) atoms. The number of amides is 2. The molecule has 7 unspecified atom stereocenters. The lowest BCUT2D eigenvalue weighted by atomic mass is 9.87. The fourth-order valence-corrected chi connectivity index (χ4v) is 11.9. The number of likely N-dealkylation sites (tertiary alicyclic amines) is 2. The van der Waals surface area contributed by atoms with Crippen LogP contribution in [-0.2, 0) is 35.7 Å². The van der Waals surface area contributed by atoms with Gasteiger partial charge in [-0.3, -0.25) is 9.59 Å². The molecule has 2 N–H and O–H groups in total. The number of nitrogens with zero attached hydrogens (tertiary/aromatic N) is 5. The van der Waals surface area contributed by atoms with Gasteiger partial charge in [-0.15, -0.1) is 0 Å². The highest BCUT2D eigenvalue weighted by molar-refractivity contribution is 5.89. The highest BCUT2D eigenvalue weighted by Gasteiger charge is 2.66. The second kappa shape index (κ2) is 18.9. The topological polar surface area (TPSA) is 120 Å². The minimum absolute atomic E-state index is 0.0868. The Kier molecular flexibility index (Phi) is 13.0. The predicted molar refractivity (Wildman–Crippen MR) is 269 cm³/mol. The van der Waals surface area contributed by atoms with Crippen LogP contribution < -0.4 is 4.90 Å². The van der Waals surface area contributed by atoms with E-state index in [4.69, 9.17) is 19.4 Å². The molecule has 5 heterocycles. The Labute approximate surface area is 425 Å². The Morgan fingerprint density at radius 3 is 1.54 bits per heavy atom. The minimum atomic E-state index is -5.06. The summed E-state index contributed by atoms with van der Waals surface area (Å²) < 4.78 is 101. The predicted octanol–water partition coefficient (Wildman–Crippen LogP) is 12.6. The van der Waals surface area contributed by atoms with Crippen molar-refractivity contribution in [2.24, 2.45) is 5.92 Å². The standard InChI is InChI=1S/C57H59F6N7O4/c1-34-29-31-69(52(72)55(74-6,57(61,62)63)39-16-11-8-12-17-39)48(34)50-65-42-26-20-36(33-44(42)67-50)46-28-27-45(70(46)40-23-21-37(22-24-40)53(2,3)4)35-19-25-41-43(32-35)66-49(64-41)47-18-13-30-68(47)51(71)54(73-5,56(58,59)60)38-14-9-7-10-15-38/h7-12,14-17,19-26,32-34,45-48H,13,18,27-31H2,1-6H3,(H,64,66)(H,65,67). The van der Waals surface area contributed by atoms with Gasteiger partial charge in [0.05, 0.1) is 46.2 Å². The summed E-state index contributed by atoms with van der Waals surface area (Å²) >= 11 is 0. The van der Waals surface area contributed by atoms with Crippen molar-refractivity contribution >= 4 is 39.6 Å². The van der Waals surface area contributed by atoms with Gasteiger partial charge in [-0.2, -0.15) is 26.3 Å². The second-order valence-electron chi connectivity index (χ2n) is 21.0. The number of aromatic amines is 2. The molecular formula is C57H59F6N7O4. The van der Waals surface area contributed by atoms with Crippen molar-refractivity contribution in [1.29, 1.82) is 0 Å².